The van der Waals surface area contributed by atoms with Gasteiger partial charge in [-0.05, 0) is 36.5 Å². The van der Waals surface area contributed by atoms with E-state index in [9.17, 15) is 0 Å². The summed E-state index contributed by atoms with van der Waals surface area (Å²) in [6.07, 6.45) is 5.92. The van der Waals surface area contributed by atoms with Gasteiger partial charge in [-0.3, -0.25) is 4.90 Å². The molecule has 2 nitrogen and oxygen atoms in total. The molecular formula is C15H20N2. The van der Waals surface area contributed by atoms with E-state index in [0.717, 1.165) is 25.7 Å². The van der Waals surface area contributed by atoms with Crippen LogP contribution in [0.5, 0.6) is 0 Å². The molecule has 1 N–H and O–H groups in total. The number of nitrogens with one attached hydrogen (secondary N) is 1. The van der Waals surface area contributed by atoms with Crippen molar-refractivity contribution in [2.75, 3.05) is 18.4 Å². The van der Waals surface area contributed by atoms with Crippen molar-refractivity contribution in [2.24, 2.45) is 0 Å². The monoisotopic (exact) mass is 228 g/mol. The highest BCUT2D eigenvalue weighted by Gasteiger charge is 2.28. The lowest BCUT2D eigenvalue weighted by atomic mass is 10.1. The van der Waals surface area contributed by atoms with E-state index < -0.39 is 0 Å². The second kappa shape index (κ2) is 4.53. The molecule has 0 spiro atoms. The zero-order valence-corrected chi connectivity index (χ0v) is 10.3. The van der Waals surface area contributed by atoms with Gasteiger partial charge in [0.2, 0.25) is 0 Å². The smallest absolute Gasteiger partial charge is 0.0373 e. The van der Waals surface area contributed by atoms with E-state index in [1.165, 1.54) is 36.1 Å². The second-order valence-corrected chi connectivity index (χ2v) is 5.12. The van der Waals surface area contributed by atoms with Crippen LogP contribution in [-0.2, 0) is 13.0 Å². The molecule has 1 fully saturated rings. The molecule has 0 atom stereocenters. The maximum Gasteiger partial charge on any atom is 0.0373 e. The van der Waals surface area contributed by atoms with E-state index in [0.29, 0.717) is 0 Å². The number of hydrogen-bond donors (Lipinski definition) is 1. The van der Waals surface area contributed by atoms with E-state index in [2.05, 4.69) is 35.0 Å². The van der Waals surface area contributed by atoms with Crippen LogP contribution in [0.1, 0.15) is 24.0 Å². The van der Waals surface area contributed by atoms with Crippen molar-refractivity contribution in [1.82, 2.24) is 4.90 Å². The number of fused-ring (bicyclic) bond motifs is 1. The Morgan fingerprint density at radius 2 is 2.29 bits per heavy atom. The van der Waals surface area contributed by atoms with Gasteiger partial charge in [-0.1, -0.05) is 18.2 Å². The normalized spacial score (nSPS) is 17.9. The van der Waals surface area contributed by atoms with Crippen LogP contribution < -0.4 is 5.32 Å². The van der Waals surface area contributed by atoms with Gasteiger partial charge in [-0.2, -0.15) is 0 Å². The van der Waals surface area contributed by atoms with Crippen molar-refractivity contribution in [3.8, 4) is 0 Å². The predicted octanol–water partition coefficient (Wildman–Crippen LogP) is 2.81. The Morgan fingerprint density at radius 3 is 3.06 bits per heavy atom. The molecule has 1 heterocycles. The number of rotatable bonds is 5. The average Bonchev–Trinajstić information content (AvgIpc) is 3.07. The van der Waals surface area contributed by atoms with Crippen LogP contribution in [0.3, 0.4) is 0 Å². The Kier molecular flexibility index (Phi) is 2.89. The summed E-state index contributed by atoms with van der Waals surface area (Å²) < 4.78 is 0. The van der Waals surface area contributed by atoms with E-state index >= 15 is 0 Å². The summed E-state index contributed by atoms with van der Waals surface area (Å²) in [5.74, 6) is 0. The van der Waals surface area contributed by atoms with Gasteiger partial charge in [-0.25, -0.2) is 0 Å². The van der Waals surface area contributed by atoms with Gasteiger partial charge in [0.15, 0.2) is 0 Å². The lowest BCUT2D eigenvalue weighted by Crippen LogP contribution is -2.25. The molecule has 3 rings (SSSR count). The number of hydrogen-bond acceptors (Lipinski definition) is 2. The molecule has 17 heavy (non-hydrogen) atoms. The van der Waals surface area contributed by atoms with Crippen LogP contribution >= 0.6 is 0 Å². The summed E-state index contributed by atoms with van der Waals surface area (Å²) in [6, 6.07) is 7.67. The van der Waals surface area contributed by atoms with Crippen LogP contribution in [-0.4, -0.2) is 24.0 Å². The zero-order chi connectivity index (χ0) is 11.7. The summed E-state index contributed by atoms with van der Waals surface area (Å²) in [5.41, 5.74) is 4.26. The summed E-state index contributed by atoms with van der Waals surface area (Å²) in [7, 11) is 0. The molecule has 1 aliphatic carbocycles. The number of nitrogens with zero attached hydrogens (tertiary/aromatic N) is 1. The Bertz CT molecular complexity index is 421. The fraction of sp³-hybridized carbons (Fsp3) is 0.467. The van der Waals surface area contributed by atoms with Gasteiger partial charge in [0.1, 0.15) is 0 Å². The maximum atomic E-state index is 3.86. The Balaban J connectivity index is 1.72. The molecule has 0 saturated heterocycles. The average molecular weight is 228 g/mol. The van der Waals surface area contributed by atoms with Crippen LogP contribution in [0.15, 0.2) is 30.9 Å². The van der Waals surface area contributed by atoms with Crippen molar-refractivity contribution in [3.63, 3.8) is 0 Å². The minimum absolute atomic E-state index is 0.805. The third-order valence-electron chi connectivity index (χ3n) is 3.69. The quantitative estimate of drug-likeness (QED) is 0.780. The highest BCUT2D eigenvalue weighted by Crippen LogP contribution is 2.29. The van der Waals surface area contributed by atoms with E-state index in [1.807, 2.05) is 6.08 Å². The predicted molar refractivity (Wildman–Crippen MR) is 72.3 cm³/mol. The largest absolute Gasteiger partial charge is 0.384 e. The first kappa shape index (κ1) is 10.8. The summed E-state index contributed by atoms with van der Waals surface area (Å²) >= 11 is 0. The molecule has 1 aromatic carbocycles. The van der Waals surface area contributed by atoms with Gasteiger partial charge in [-0.15, -0.1) is 6.58 Å². The highest BCUT2D eigenvalue weighted by molar-refractivity contribution is 5.56. The first-order valence-electron chi connectivity index (χ1n) is 6.57. The van der Waals surface area contributed by atoms with Crippen molar-refractivity contribution in [2.45, 2.75) is 31.8 Å². The topological polar surface area (TPSA) is 15.3 Å². The molecule has 2 heteroatoms. The van der Waals surface area contributed by atoms with E-state index in [4.69, 9.17) is 0 Å². The number of benzene rings is 1. The van der Waals surface area contributed by atoms with E-state index in [-0.39, 0.29) is 0 Å². The molecule has 0 amide bonds. The van der Waals surface area contributed by atoms with Crippen molar-refractivity contribution in [1.29, 1.82) is 0 Å². The summed E-state index contributed by atoms with van der Waals surface area (Å²) in [4.78, 5) is 2.54. The standard InChI is InChI=1S/C15H20N2/c1-2-9-17(14-4-5-14)11-12-3-6-15-13(10-12)7-8-16-15/h2-3,6,10,14,16H,1,4-5,7-9,11H2. The minimum Gasteiger partial charge on any atom is -0.384 e. The number of anilines is 1. The van der Waals surface area contributed by atoms with Crippen LogP contribution in [0.2, 0.25) is 0 Å². The lowest BCUT2D eigenvalue weighted by molar-refractivity contribution is 0.284. The van der Waals surface area contributed by atoms with Gasteiger partial charge in [0.25, 0.3) is 0 Å². The molecule has 0 radical (unpaired) electrons. The van der Waals surface area contributed by atoms with Gasteiger partial charge < -0.3 is 5.32 Å². The highest BCUT2D eigenvalue weighted by atomic mass is 15.2. The van der Waals surface area contributed by atoms with Crippen LogP contribution in [0.4, 0.5) is 5.69 Å². The second-order valence-electron chi connectivity index (χ2n) is 5.12. The van der Waals surface area contributed by atoms with Crippen molar-refractivity contribution < 1.29 is 0 Å². The molecular weight excluding hydrogens is 208 g/mol. The fourth-order valence-electron chi connectivity index (χ4n) is 2.64. The van der Waals surface area contributed by atoms with Gasteiger partial charge in [0, 0.05) is 31.4 Å². The Hall–Kier alpha value is -1.28. The molecule has 1 aromatic rings. The molecule has 0 unspecified atom stereocenters. The Labute approximate surface area is 103 Å². The van der Waals surface area contributed by atoms with Gasteiger partial charge >= 0.3 is 0 Å². The maximum absolute atomic E-state index is 3.86. The van der Waals surface area contributed by atoms with Gasteiger partial charge in [0.05, 0.1) is 0 Å². The van der Waals surface area contributed by atoms with Crippen LogP contribution in [0.25, 0.3) is 0 Å². The fourth-order valence-corrected chi connectivity index (χ4v) is 2.64. The molecule has 90 valence electrons. The SMILES string of the molecule is C=CCN(Cc1ccc2c(c1)CCN2)C1CC1. The zero-order valence-electron chi connectivity index (χ0n) is 10.3. The molecule has 0 bridgehead atoms. The third kappa shape index (κ3) is 2.37. The third-order valence-corrected chi connectivity index (χ3v) is 3.69. The molecule has 2 aliphatic rings. The molecule has 0 aromatic heterocycles. The first-order valence-corrected chi connectivity index (χ1v) is 6.57. The summed E-state index contributed by atoms with van der Waals surface area (Å²) in [6.45, 7) is 7.04. The lowest BCUT2D eigenvalue weighted by Gasteiger charge is -2.20. The summed E-state index contributed by atoms with van der Waals surface area (Å²) in [5, 5.41) is 3.41. The molecule has 1 aliphatic heterocycles. The van der Waals surface area contributed by atoms with Crippen molar-refractivity contribution in [3.05, 3.63) is 42.0 Å². The van der Waals surface area contributed by atoms with Crippen molar-refractivity contribution >= 4 is 5.69 Å². The minimum atomic E-state index is 0.805. The molecule has 1 saturated carbocycles. The van der Waals surface area contributed by atoms with Crippen LogP contribution in [0, 0.1) is 0 Å². The Morgan fingerprint density at radius 1 is 1.41 bits per heavy atom. The first-order chi connectivity index (χ1) is 8.36. The van der Waals surface area contributed by atoms with E-state index in [1.54, 1.807) is 0 Å².